The summed E-state index contributed by atoms with van der Waals surface area (Å²) < 4.78 is 19.2. The van der Waals surface area contributed by atoms with E-state index in [9.17, 15) is 4.39 Å². The quantitative estimate of drug-likeness (QED) is 0.775. The second kappa shape index (κ2) is 6.07. The van der Waals surface area contributed by atoms with Crippen LogP contribution in [0.4, 0.5) is 10.4 Å². The first kappa shape index (κ1) is 15.3. The number of aryl methyl sites for hydroxylation is 1. The van der Waals surface area contributed by atoms with Gasteiger partial charge in [-0.15, -0.1) is 11.3 Å². The van der Waals surface area contributed by atoms with Gasteiger partial charge in [0.1, 0.15) is 10.5 Å². The highest BCUT2D eigenvalue weighted by Gasteiger charge is 2.34. The number of nitrogens with one attached hydrogen (secondary N) is 1. The molecule has 7 heteroatoms. The number of nitrogens with zero attached hydrogens (tertiary/aromatic N) is 3. The van der Waals surface area contributed by atoms with Crippen molar-refractivity contribution in [3.63, 3.8) is 0 Å². The molecule has 2 aliphatic rings. The molecule has 130 valence electrons. The lowest BCUT2D eigenvalue weighted by atomic mass is 10.1. The van der Waals surface area contributed by atoms with Crippen LogP contribution in [0, 0.1) is 0 Å². The van der Waals surface area contributed by atoms with Gasteiger partial charge in [0.2, 0.25) is 0 Å². The van der Waals surface area contributed by atoms with E-state index in [-0.39, 0.29) is 0 Å². The molecule has 2 bridgehead atoms. The van der Waals surface area contributed by atoms with Crippen LogP contribution in [-0.4, -0.2) is 41.8 Å². The monoisotopic (exact) mass is 358 g/mol. The van der Waals surface area contributed by atoms with Crippen molar-refractivity contribution >= 4 is 28.5 Å². The number of hydrogen-bond acceptors (Lipinski definition) is 6. The van der Waals surface area contributed by atoms with Crippen molar-refractivity contribution in [3.05, 3.63) is 29.3 Å². The molecule has 1 aromatic carbocycles. The van der Waals surface area contributed by atoms with E-state index < -0.39 is 6.67 Å². The minimum Gasteiger partial charge on any atom is -0.423 e. The summed E-state index contributed by atoms with van der Waals surface area (Å²) in [7, 11) is 0. The number of benzene rings is 1. The lowest BCUT2D eigenvalue weighted by Gasteiger charge is -2.31. The molecular weight excluding hydrogens is 339 g/mol. The first-order valence-corrected chi connectivity index (χ1v) is 9.59. The van der Waals surface area contributed by atoms with Crippen LogP contribution in [0.2, 0.25) is 0 Å². The van der Waals surface area contributed by atoms with E-state index in [2.05, 4.69) is 15.2 Å². The molecule has 5 rings (SSSR count). The van der Waals surface area contributed by atoms with E-state index in [1.54, 1.807) is 17.5 Å². The van der Waals surface area contributed by atoms with Crippen molar-refractivity contribution in [3.8, 4) is 10.6 Å². The van der Waals surface area contributed by atoms with Gasteiger partial charge in [0.05, 0.1) is 12.2 Å². The number of anilines is 1. The van der Waals surface area contributed by atoms with E-state index in [0.29, 0.717) is 24.5 Å². The Bertz CT molecular complexity index is 882. The van der Waals surface area contributed by atoms with Gasteiger partial charge in [-0.2, -0.15) is 4.98 Å². The van der Waals surface area contributed by atoms with Gasteiger partial charge in [-0.3, -0.25) is 4.39 Å². The molecule has 2 aromatic heterocycles. The summed E-state index contributed by atoms with van der Waals surface area (Å²) in [5.74, 6) is 0. The van der Waals surface area contributed by atoms with Crippen LogP contribution in [0.1, 0.15) is 18.4 Å². The second-order valence-corrected chi connectivity index (χ2v) is 7.66. The Labute approximate surface area is 148 Å². The van der Waals surface area contributed by atoms with Crippen molar-refractivity contribution in [2.45, 2.75) is 31.3 Å². The Morgan fingerprint density at radius 3 is 2.84 bits per heavy atom. The number of halogens is 1. The standard InChI is InChI=1S/C18H19FN4OS/c19-6-5-11-1-4-14(17-20-7-8-25-17)16-15(11)22-18(24-16)23-9-12-2-3-13(10-23)21-12/h1,4,7-8,12-13,21H,2-3,5-6,9-10H2. The van der Waals surface area contributed by atoms with Crippen molar-refractivity contribution in [1.29, 1.82) is 0 Å². The summed E-state index contributed by atoms with van der Waals surface area (Å²) >= 11 is 1.57. The smallest absolute Gasteiger partial charge is 0.298 e. The maximum atomic E-state index is 13.0. The number of thiazole rings is 1. The molecule has 1 N–H and O–H groups in total. The first-order chi connectivity index (χ1) is 12.3. The molecule has 0 radical (unpaired) electrons. The van der Waals surface area contributed by atoms with Gasteiger partial charge in [0.25, 0.3) is 6.01 Å². The summed E-state index contributed by atoms with van der Waals surface area (Å²) in [6.45, 7) is 1.42. The fraction of sp³-hybridized carbons (Fsp3) is 0.444. The molecule has 2 unspecified atom stereocenters. The van der Waals surface area contributed by atoms with Gasteiger partial charge in [-0.05, 0) is 24.5 Å². The summed E-state index contributed by atoms with van der Waals surface area (Å²) in [5, 5.41) is 6.47. The van der Waals surface area contributed by atoms with E-state index in [1.807, 2.05) is 17.5 Å². The maximum Gasteiger partial charge on any atom is 0.298 e. The highest BCUT2D eigenvalue weighted by atomic mass is 32.1. The van der Waals surface area contributed by atoms with Crippen LogP contribution in [0.3, 0.4) is 0 Å². The number of piperazine rings is 1. The zero-order valence-electron chi connectivity index (χ0n) is 13.7. The predicted molar refractivity (Wildman–Crippen MR) is 97.0 cm³/mol. The molecule has 2 atom stereocenters. The zero-order chi connectivity index (χ0) is 16.8. The largest absolute Gasteiger partial charge is 0.423 e. The highest BCUT2D eigenvalue weighted by Crippen LogP contribution is 2.36. The molecule has 0 saturated carbocycles. The van der Waals surface area contributed by atoms with Crippen molar-refractivity contribution in [2.24, 2.45) is 0 Å². The summed E-state index contributed by atoms with van der Waals surface area (Å²) in [6.07, 6.45) is 4.55. The minimum atomic E-state index is -0.397. The number of fused-ring (bicyclic) bond motifs is 3. The molecule has 2 fully saturated rings. The molecule has 4 heterocycles. The topological polar surface area (TPSA) is 54.2 Å². The SMILES string of the molecule is FCCc1ccc(-c2nccs2)c2oc(N3CC4CCC(C3)N4)nc12. The Kier molecular flexibility index (Phi) is 3.71. The van der Waals surface area contributed by atoms with Gasteiger partial charge >= 0.3 is 0 Å². The Balaban J connectivity index is 1.61. The predicted octanol–water partition coefficient (Wildman–Crippen LogP) is 3.40. The van der Waals surface area contributed by atoms with Gasteiger partial charge in [0, 0.05) is 43.2 Å². The number of rotatable bonds is 4. The average molecular weight is 358 g/mol. The highest BCUT2D eigenvalue weighted by molar-refractivity contribution is 7.13. The fourth-order valence-electron chi connectivity index (χ4n) is 3.96. The number of aromatic nitrogens is 2. The van der Waals surface area contributed by atoms with E-state index in [1.165, 1.54) is 12.8 Å². The average Bonchev–Trinajstić information content (AvgIpc) is 3.35. The number of hydrogen-bond donors (Lipinski definition) is 1. The van der Waals surface area contributed by atoms with E-state index >= 15 is 0 Å². The van der Waals surface area contributed by atoms with Crippen LogP contribution < -0.4 is 10.2 Å². The molecule has 0 spiro atoms. The van der Waals surface area contributed by atoms with Crippen molar-refractivity contribution < 1.29 is 8.81 Å². The van der Waals surface area contributed by atoms with Crippen LogP contribution >= 0.6 is 11.3 Å². The summed E-state index contributed by atoms with van der Waals surface area (Å²) in [6, 6.07) is 5.60. The Morgan fingerprint density at radius 2 is 2.12 bits per heavy atom. The van der Waals surface area contributed by atoms with Crippen LogP contribution in [-0.2, 0) is 6.42 Å². The molecule has 2 aliphatic heterocycles. The maximum absolute atomic E-state index is 13.0. The first-order valence-electron chi connectivity index (χ1n) is 8.71. The minimum absolute atomic E-state index is 0.355. The fourth-order valence-corrected chi connectivity index (χ4v) is 4.62. The molecule has 3 aromatic rings. The molecule has 25 heavy (non-hydrogen) atoms. The van der Waals surface area contributed by atoms with Crippen LogP contribution in [0.5, 0.6) is 0 Å². The van der Waals surface area contributed by atoms with E-state index in [4.69, 9.17) is 9.40 Å². The van der Waals surface area contributed by atoms with Crippen LogP contribution in [0.25, 0.3) is 21.7 Å². The lowest BCUT2D eigenvalue weighted by molar-refractivity contribution is 0.437. The lowest BCUT2D eigenvalue weighted by Crippen LogP contribution is -2.51. The summed E-state index contributed by atoms with van der Waals surface area (Å²) in [4.78, 5) is 11.4. The molecular formula is C18H19FN4OS. The van der Waals surface area contributed by atoms with Gasteiger partial charge in [-0.1, -0.05) is 6.07 Å². The zero-order valence-corrected chi connectivity index (χ0v) is 14.6. The molecule has 2 saturated heterocycles. The molecule has 0 amide bonds. The third-order valence-electron chi connectivity index (χ3n) is 5.13. The van der Waals surface area contributed by atoms with E-state index in [0.717, 1.165) is 40.3 Å². The van der Waals surface area contributed by atoms with Crippen LogP contribution in [0.15, 0.2) is 28.1 Å². The van der Waals surface area contributed by atoms with Crippen molar-refractivity contribution in [2.75, 3.05) is 24.7 Å². The molecule has 5 nitrogen and oxygen atoms in total. The van der Waals surface area contributed by atoms with Gasteiger partial charge in [-0.25, -0.2) is 4.98 Å². The third-order valence-corrected chi connectivity index (χ3v) is 5.94. The van der Waals surface area contributed by atoms with Gasteiger partial charge in [0.15, 0.2) is 5.58 Å². The van der Waals surface area contributed by atoms with Crippen molar-refractivity contribution in [1.82, 2.24) is 15.3 Å². The number of alkyl halides is 1. The number of oxazole rings is 1. The Hall–Kier alpha value is -1.99. The normalized spacial score (nSPS) is 22.8. The van der Waals surface area contributed by atoms with Gasteiger partial charge < -0.3 is 14.6 Å². The third kappa shape index (κ3) is 2.62. The molecule has 0 aliphatic carbocycles. The Morgan fingerprint density at radius 1 is 1.28 bits per heavy atom. The second-order valence-electron chi connectivity index (χ2n) is 6.77. The summed E-state index contributed by atoms with van der Waals surface area (Å²) in [5.41, 5.74) is 3.32.